The Morgan fingerprint density at radius 1 is 1.37 bits per heavy atom. The fraction of sp³-hybridized carbons (Fsp3) is 0.786. The van der Waals surface area contributed by atoms with Crippen LogP contribution in [0.5, 0.6) is 0 Å². The molecule has 0 N–H and O–H groups in total. The molecule has 0 rings (SSSR count). The van der Waals surface area contributed by atoms with Gasteiger partial charge in [-0.15, -0.1) is 6.58 Å². The van der Waals surface area contributed by atoms with E-state index in [0.29, 0.717) is 13.2 Å². The van der Waals surface area contributed by atoms with Gasteiger partial charge in [0.1, 0.15) is 0 Å². The van der Waals surface area contributed by atoms with E-state index in [1.165, 1.54) is 7.11 Å². The molecule has 19 heavy (non-hydrogen) atoms. The molecule has 4 nitrogen and oxygen atoms in total. The molecular weight excluding hydrogens is 260 g/mol. The first-order valence-corrected chi connectivity index (χ1v) is 9.48. The molecule has 0 aliphatic rings. The zero-order valence-corrected chi connectivity index (χ0v) is 14.1. The molecule has 0 saturated heterocycles. The molecule has 0 saturated carbocycles. The van der Waals surface area contributed by atoms with Gasteiger partial charge in [0.15, 0.2) is 8.32 Å². The van der Waals surface area contributed by atoms with Crippen molar-refractivity contribution in [1.29, 1.82) is 0 Å². The molecule has 0 fully saturated rings. The van der Waals surface area contributed by atoms with Gasteiger partial charge in [-0.05, 0) is 18.1 Å². The third-order valence-corrected chi connectivity index (χ3v) is 8.01. The number of ether oxygens (including phenoxy) is 2. The largest absolute Gasteiger partial charge is 0.469 e. The summed E-state index contributed by atoms with van der Waals surface area (Å²) in [6.07, 6.45) is 1.59. The molecule has 0 spiro atoms. The van der Waals surface area contributed by atoms with Crippen LogP contribution in [-0.4, -0.2) is 40.7 Å². The predicted octanol–water partition coefficient (Wildman–Crippen LogP) is 3.14. The van der Waals surface area contributed by atoms with Gasteiger partial charge in [0.2, 0.25) is 0 Å². The highest BCUT2D eigenvalue weighted by Gasteiger charge is 2.37. The monoisotopic (exact) mass is 288 g/mol. The Kier molecular flexibility index (Phi) is 7.55. The van der Waals surface area contributed by atoms with Gasteiger partial charge < -0.3 is 13.9 Å². The van der Waals surface area contributed by atoms with Gasteiger partial charge in [0, 0.05) is 0 Å². The molecule has 5 heteroatoms. The molecule has 112 valence electrons. The second-order valence-corrected chi connectivity index (χ2v) is 10.9. The number of carbonyl (C=O) groups excluding carboxylic acids is 1. The third kappa shape index (κ3) is 6.89. The van der Waals surface area contributed by atoms with E-state index in [1.807, 2.05) is 0 Å². The van der Waals surface area contributed by atoms with Gasteiger partial charge in [-0.2, -0.15) is 0 Å². The molecule has 0 radical (unpaired) electrons. The van der Waals surface area contributed by atoms with Crippen molar-refractivity contribution >= 4 is 14.3 Å². The lowest BCUT2D eigenvalue weighted by atomic mass is 10.2. The molecule has 0 amide bonds. The summed E-state index contributed by atoms with van der Waals surface area (Å²) < 4.78 is 16.3. The Morgan fingerprint density at radius 3 is 2.37 bits per heavy atom. The van der Waals surface area contributed by atoms with E-state index in [1.54, 1.807) is 6.08 Å². The summed E-state index contributed by atoms with van der Waals surface area (Å²) in [5, 5.41) is 0.140. The molecular formula is C14H28O4Si. The summed E-state index contributed by atoms with van der Waals surface area (Å²) in [5.41, 5.74) is 0. The van der Waals surface area contributed by atoms with E-state index < -0.39 is 8.32 Å². The number of hydrogen-bond acceptors (Lipinski definition) is 4. The fourth-order valence-corrected chi connectivity index (χ4v) is 2.19. The zero-order valence-electron chi connectivity index (χ0n) is 13.1. The van der Waals surface area contributed by atoms with Crippen LogP contribution < -0.4 is 0 Å². The third-order valence-electron chi connectivity index (χ3n) is 3.51. The second-order valence-electron chi connectivity index (χ2n) is 6.10. The first kappa shape index (κ1) is 18.3. The SMILES string of the molecule is C=CCO[C@@H](CO[Si](C)(C)C(C)(C)C)CC(=O)OC. The lowest BCUT2D eigenvalue weighted by molar-refractivity contribution is -0.144. The van der Waals surface area contributed by atoms with Crippen LogP contribution in [0.25, 0.3) is 0 Å². The van der Waals surface area contributed by atoms with E-state index in [0.717, 1.165) is 0 Å². The Hall–Kier alpha value is -0.653. The van der Waals surface area contributed by atoms with Crippen LogP contribution in [0, 0.1) is 0 Å². The highest BCUT2D eigenvalue weighted by molar-refractivity contribution is 6.74. The minimum Gasteiger partial charge on any atom is -0.469 e. The first-order valence-electron chi connectivity index (χ1n) is 6.57. The first-order chi connectivity index (χ1) is 8.64. The van der Waals surface area contributed by atoms with Crippen LogP contribution >= 0.6 is 0 Å². The second kappa shape index (κ2) is 7.82. The number of carbonyl (C=O) groups is 1. The van der Waals surface area contributed by atoms with Crippen molar-refractivity contribution in [2.24, 2.45) is 0 Å². The van der Waals surface area contributed by atoms with E-state index in [2.05, 4.69) is 45.2 Å². The van der Waals surface area contributed by atoms with Crippen molar-refractivity contribution in [2.45, 2.75) is 51.4 Å². The Labute approximate surface area is 118 Å². The summed E-state index contributed by atoms with van der Waals surface area (Å²) in [5.74, 6) is -0.284. The standard InChI is InChI=1S/C14H28O4Si/c1-8-9-17-12(10-13(15)16-5)11-18-19(6,7)14(2,3)4/h8,12H,1,9-11H2,2-7H3/t12-/m1/s1. The number of hydrogen-bond donors (Lipinski definition) is 0. The molecule has 0 heterocycles. The summed E-state index contributed by atoms with van der Waals surface area (Å²) >= 11 is 0. The Morgan fingerprint density at radius 2 is 1.95 bits per heavy atom. The maximum Gasteiger partial charge on any atom is 0.308 e. The van der Waals surface area contributed by atoms with Gasteiger partial charge >= 0.3 is 5.97 Å². The highest BCUT2D eigenvalue weighted by atomic mass is 28.4. The lowest BCUT2D eigenvalue weighted by Crippen LogP contribution is -2.43. The average Bonchev–Trinajstić information content (AvgIpc) is 2.30. The number of rotatable bonds is 8. The molecule has 0 aromatic heterocycles. The maximum atomic E-state index is 11.3. The highest BCUT2D eigenvalue weighted by Crippen LogP contribution is 2.36. The molecule has 0 unspecified atom stereocenters. The zero-order chi connectivity index (χ0) is 15.1. The number of methoxy groups -OCH3 is 1. The van der Waals surface area contributed by atoms with Crippen LogP contribution in [0.4, 0.5) is 0 Å². The molecule has 0 bridgehead atoms. The topological polar surface area (TPSA) is 44.8 Å². The average molecular weight is 288 g/mol. The fourth-order valence-electron chi connectivity index (χ4n) is 1.16. The maximum absolute atomic E-state index is 11.3. The molecule has 0 aliphatic heterocycles. The smallest absolute Gasteiger partial charge is 0.308 e. The molecule has 1 atom stereocenters. The van der Waals surface area contributed by atoms with Crippen molar-refractivity contribution in [1.82, 2.24) is 0 Å². The summed E-state index contributed by atoms with van der Waals surface area (Å²) in [6.45, 7) is 15.3. The lowest BCUT2D eigenvalue weighted by Gasteiger charge is -2.37. The van der Waals surface area contributed by atoms with Crippen LogP contribution in [0.1, 0.15) is 27.2 Å². The minimum atomic E-state index is -1.83. The van der Waals surface area contributed by atoms with Crippen molar-refractivity contribution in [3.63, 3.8) is 0 Å². The molecule has 0 aromatic rings. The summed E-state index contributed by atoms with van der Waals surface area (Å²) in [4.78, 5) is 11.3. The minimum absolute atomic E-state index is 0.140. The predicted molar refractivity (Wildman–Crippen MR) is 79.7 cm³/mol. The van der Waals surface area contributed by atoms with Crippen molar-refractivity contribution in [3.8, 4) is 0 Å². The van der Waals surface area contributed by atoms with E-state index in [-0.39, 0.29) is 23.5 Å². The Bertz CT molecular complexity index is 294. The quantitative estimate of drug-likeness (QED) is 0.391. The van der Waals surface area contributed by atoms with E-state index in [9.17, 15) is 4.79 Å². The van der Waals surface area contributed by atoms with Gasteiger partial charge in [0.25, 0.3) is 0 Å². The Balaban J connectivity index is 4.47. The van der Waals surface area contributed by atoms with Crippen molar-refractivity contribution in [2.75, 3.05) is 20.3 Å². The van der Waals surface area contributed by atoms with Gasteiger partial charge in [0.05, 0.1) is 32.8 Å². The van der Waals surface area contributed by atoms with E-state index in [4.69, 9.17) is 9.16 Å². The van der Waals surface area contributed by atoms with Crippen LogP contribution in [-0.2, 0) is 18.7 Å². The van der Waals surface area contributed by atoms with Gasteiger partial charge in [-0.25, -0.2) is 0 Å². The van der Waals surface area contributed by atoms with Crippen molar-refractivity contribution in [3.05, 3.63) is 12.7 Å². The number of esters is 1. The summed E-state index contributed by atoms with van der Waals surface area (Å²) in [6, 6.07) is 0. The normalized spacial score (nSPS) is 14.0. The van der Waals surface area contributed by atoms with Gasteiger partial charge in [-0.3, -0.25) is 4.79 Å². The molecule has 0 aliphatic carbocycles. The van der Waals surface area contributed by atoms with Crippen LogP contribution in [0.3, 0.4) is 0 Å². The van der Waals surface area contributed by atoms with Crippen molar-refractivity contribution < 1.29 is 18.7 Å². The van der Waals surface area contributed by atoms with E-state index >= 15 is 0 Å². The molecule has 0 aromatic carbocycles. The van der Waals surface area contributed by atoms with Gasteiger partial charge in [-0.1, -0.05) is 26.8 Å². The summed E-state index contributed by atoms with van der Waals surface area (Å²) in [7, 11) is -0.449. The van der Waals surface area contributed by atoms with Crippen LogP contribution in [0.2, 0.25) is 18.1 Å². The van der Waals surface area contributed by atoms with Crippen LogP contribution in [0.15, 0.2) is 12.7 Å².